The first kappa shape index (κ1) is 12.9. The third-order valence-corrected chi connectivity index (χ3v) is 2.97. The molecular weight excluding hydrogens is 326 g/mol. The minimum Gasteiger partial charge on any atom is -0.332 e. The first-order chi connectivity index (χ1) is 9.76. The lowest BCUT2D eigenvalue weighted by Crippen LogP contribution is -2.10. The monoisotopic (exact) mass is 335 g/mol. The molecule has 0 amide bonds. The molecule has 0 aliphatic carbocycles. The lowest BCUT2D eigenvalue weighted by atomic mass is 10.3. The topological polar surface area (TPSA) is 109 Å². The van der Waals surface area contributed by atoms with E-state index in [0.717, 1.165) is 4.47 Å². The smallest absolute Gasteiger partial charge is 0.280 e. The SMILES string of the molecule is NCCn1cc(-c2nc(-c3ccc(Br)cn3)no2)nn1. The van der Waals surface area contributed by atoms with Gasteiger partial charge in [0.05, 0.1) is 12.7 Å². The fourth-order valence-electron chi connectivity index (χ4n) is 1.58. The Labute approximate surface area is 122 Å². The molecule has 0 unspecified atom stereocenters. The van der Waals surface area contributed by atoms with E-state index >= 15 is 0 Å². The molecule has 0 spiro atoms. The van der Waals surface area contributed by atoms with Gasteiger partial charge in [-0.15, -0.1) is 5.10 Å². The van der Waals surface area contributed by atoms with Crippen LogP contribution < -0.4 is 5.73 Å². The van der Waals surface area contributed by atoms with E-state index in [-0.39, 0.29) is 0 Å². The zero-order chi connectivity index (χ0) is 13.9. The molecule has 0 radical (unpaired) electrons. The van der Waals surface area contributed by atoms with Crippen LogP contribution in [0.4, 0.5) is 0 Å². The Morgan fingerprint density at radius 1 is 1.30 bits per heavy atom. The summed E-state index contributed by atoms with van der Waals surface area (Å²) in [7, 11) is 0. The van der Waals surface area contributed by atoms with Crippen molar-refractivity contribution in [2.75, 3.05) is 6.54 Å². The van der Waals surface area contributed by atoms with Crippen molar-refractivity contribution in [3.05, 3.63) is 29.0 Å². The Morgan fingerprint density at radius 2 is 2.20 bits per heavy atom. The zero-order valence-electron chi connectivity index (χ0n) is 10.3. The lowest BCUT2D eigenvalue weighted by molar-refractivity contribution is 0.430. The average Bonchev–Trinajstić information content (AvgIpc) is 3.08. The van der Waals surface area contributed by atoms with Crippen LogP contribution in [-0.4, -0.2) is 36.7 Å². The number of halogens is 1. The summed E-state index contributed by atoms with van der Waals surface area (Å²) >= 11 is 3.32. The van der Waals surface area contributed by atoms with E-state index in [1.807, 2.05) is 6.07 Å². The molecule has 0 aliphatic heterocycles. The fourth-order valence-corrected chi connectivity index (χ4v) is 1.81. The number of hydrogen-bond donors (Lipinski definition) is 1. The maximum atomic E-state index is 5.45. The van der Waals surface area contributed by atoms with Crippen molar-refractivity contribution in [2.24, 2.45) is 5.73 Å². The maximum absolute atomic E-state index is 5.45. The number of nitrogens with zero attached hydrogens (tertiary/aromatic N) is 6. The van der Waals surface area contributed by atoms with Gasteiger partial charge < -0.3 is 10.3 Å². The van der Waals surface area contributed by atoms with Gasteiger partial charge in [-0.1, -0.05) is 10.4 Å². The van der Waals surface area contributed by atoms with Crippen LogP contribution >= 0.6 is 15.9 Å². The summed E-state index contributed by atoms with van der Waals surface area (Å²) in [6, 6.07) is 3.65. The first-order valence-electron chi connectivity index (χ1n) is 5.82. The van der Waals surface area contributed by atoms with Gasteiger partial charge in [0.25, 0.3) is 5.89 Å². The second kappa shape index (κ2) is 5.47. The fraction of sp³-hybridized carbons (Fsp3) is 0.182. The molecule has 0 aliphatic rings. The molecule has 3 aromatic rings. The van der Waals surface area contributed by atoms with Crippen molar-refractivity contribution in [3.63, 3.8) is 0 Å². The minimum atomic E-state index is 0.299. The molecule has 3 heterocycles. The molecule has 0 saturated heterocycles. The second-order valence-electron chi connectivity index (χ2n) is 3.94. The summed E-state index contributed by atoms with van der Waals surface area (Å²) in [5.74, 6) is 0.703. The standard InChI is InChI=1S/C11H10BrN7O/c12-7-1-2-8(14-5-7)10-15-11(20-17-10)9-6-19(4-3-13)18-16-9/h1-2,5-6H,3-4,13H2. The predicted octanol–water partition coefficient (Wildman–Crippen LogP) is 1.11. The van der Waals surface area contributed by atoms with Crippen molar-refractivity contribution in [3.8, 4) is 23.1 Å². The van der Waals surface area contributed by atoms with E-state index in [9.17, 15) is 0 Å². The maximum Gasteiger partial charge on any atom is 0.280 e. The van der Waals surface area contributed by atoms with E-state index in [0.29, 0.717) is 36.2 Å². The van der Waals surface area contributed by atoms with Crippen molar-refractivity contribution in [1.82, 2.24) is 30.1 Å². The highest BCUT2D eigenvalue weighted by Gasteiger charge is 2.14. The van der Waals surface area contributed by atoms with Crippen molar-refractivity contribution >= 4 is 15.9 Å². The average molecular weight is 336 g/mol. The number of hydrogen-bond acceptors (Lipinski definition) is 7. The van der Waals surface area contributed by atoms with E-state index in [2.05, 4.69) is 41.4 Å². The second-order valence-corrected chi connectivity index (χ2v) is 4.86. The molecule has 0 saturated carbocycles. The molecule has 8 nitrogen and oxygen atoms in total. The van der Waals surface area contributed by atoms with E-state index in [1.54, 1.807) is 23.1 Å². The number of rotatable bonds is 4. The van der Waals surface area contributed by atoms with Gasteiger partial charge in [0.2, 0.25) is 5.82 Å². The highest BCUT2D eigenvalue weighted by molar-refractivity contribution is 9.10. The summed E-state index contributed by atoms with van der Waals surface area (Å²) in [6.45, 7) is 1.07. The summed E-state index contributed by atoms with van der Waals surface area (Å²) in [4.78, 5) is 8.45. The molecule has 2 N–H and O–H groups in total. The van der Waals surface area contributed by atoms with Crippen LogP contribution in [0.15, 0.2) is 33.5 Å². The number of pyridine rings is 1. The van der Waals surface area contributed by atoms with E-state index < -0.39 is 0 Å². The summed E-state index contributed by atoms with van der Waals surface area (Å²) in [6.07, 6.45) is 3.38. The number of aromatic nitrogens is 6. The van der Waals surface area contributed by atoms with Crippen molar-refractivity contribution in [1.29, 1.82) is 0 Å². The molecule has 3 rings (SSSR count). The van der Waals surface area contributed by atoms with Gasteiger partial charge in [0.1, 0.15) is 5.69 Å². The molecule has 102 valence electrons. The zero-order valence-corrected chi connectivity index (χ0v) is 11.9. The quantitative estimate of drug-likeness (QED) is 0.760. The summed E-state index contributed by atoms with van der Waals surface area (Å²) in [5.41, 5.74) is 6.58. The highest BCUT2D eigenvalue weighted by atomic mass is 79.9. The van der Waals surface area contributed by atoms with E-state index in [1.165, 1.54) is 0 Å². The Morgan fingerprint density at radius 3 is 2.95 bits per heavy atom. The third-order valence-electron chi connectivity index (χ3n) is 2.50. The van der Waals surface area contributed by atoms with Gasteiger partial charge in [0, 0.05) is 17.2 Å². The highest BCUT2D eigenvalue weighted by Crippen LogP contribution is 2.20. The van der Waals surface area contributed by atoms with Crippen LogP contribution in [0, 0.1) is 0 Å². The van der Waals surface area contributed by atoms with Gasteiger partial charge in [-0.05, 0) is 28.1 Å². The lowest BCUT2D eigenvalue weighted by Gasteiger charge is -1.92. The minimum absolute atomic E-state index is 0.299. The van der Waals surface area contributed by atoms with Crippen LogP contribution in [0.3, 0.4) is 0 Å². The van der Waals surface area contributed by atoms with E-state index in [4.69, 9.17) is 10.3 Å². The Bertz CT molecular complexity index is 706. The number of nitrogens with two attached hydrogens (primary N) is 1. The Kier molecular flexibility index (Phi) is 3.52. The van der Waals surface area contributed by atoms with Gasteiger partial charge in [-0.2, -0.15) is 4.98 Å². The van der Waals surface area contributed by atoms with Crippen molar-refractivity contribution < 1.29 is 4.52 Å². The van der Waals surface area contributed by atoms with Crippen LogP contribution in [0.1, 0.15) is 0 Å². The van der Waals surface area contributed by atoms with Gasteiger partial charge in [0.15, 0.2) is 5.69 Å². The first-order valence-corrected chi connectivity index (χ1v) is 6.62. The normalized spacial score (nSPS) is 10.9. The van der Waals surface area contributed by atoms with Gasteiger partial charge in [-0.25, -0.2) is 0 Å². The van der Waals surface area contributed by atoms with Crippen LogP contribution in [0.25, 0.3) is 23.1 Å². The molecule has 0 aromatic carbocycles. The molecule has 0 bridgehead atoms. The summed E-state index contributed by atoms with van der Waals surface area (Å²) < 4.78 is 7.67. The summed E-state index contributed by atoms with van der Waals surface area (Å²) in [5, 5.41) is 11.8. The Balaban J connectivity index is 1.87. The molecule has 20 heavy (non-hydrogen) atoms. The molecular formula is C11H10BrN7O. The Hall–Kier alpha value is -2.13. The van der Waals surface area contributed by atoms with Crippen LogP contribution in [-0.2, 0) is 6.54 Å². The van der Waals surface area contributed by atoms with Crippen molar-refractivity contribution in [2.45, 2.75) is 6.54 Å². The molecule has 0 fully saturated rings. The molecule has 9 heteroatoms. The molecule has 0 atom stereocenters. The van der Waals surface area contributed by atoms with Gasteiger partial charge >= 0.3 is 0 Å². The van der Waals surface area contributed by atoms with Crippen LogP contribution in [0.5, 0.6) is 0 Å². The largest absolute Gasteiger partial charge is 0.332 e. The molecule has 3 aromatic heterocycles. The van der Waals surface area contributed by atoms with Gasteiger partial charge in [-0.3, -0.25) is 9.67 Å². The third kappa shape index (κ3) is 2.58. The van der Waals surface area contributed by atoms with Crippen LogP contribution in [0.2, 0.25) is 0 Å². The predicted molar refractivity (Wildman–Crippen MR) is 73.3 cm³/mol.